The number of aliphatic hydroxyl groups is 1. The van der Waals surface area contributed by atoms with Crippen molar-refractivity contribution in [2.75, 3.05) is 32.2 Å². The van der Waals surface area contributed by atoms with Crippen LogP contribution in [0, 0.1) is 0 Å². The lowest BCUT2D eigenvalue weighted by molar-refractivity contribution is 0.177. The van der Waals surface area contributed by atoms with Crippen molar-refractivity contribution in [2.45, 2.75) is 31.4 Å². The summed E-state index contributed by atoms with van der Waals surface area (Å²) in [6, 6.07) is 2.29. The van der Waals surface area contributed by atoms with Gasteiger partial charge in [0.1, 0.15) is 12.4 Å². The molecule has 0 aliphatic heterocycles. The third-order valence-corrected chi connectivity index (χ3v) is 3.47. The summed E-state index contributed by atoms with van der Waals surface area (Å²) in [6.07, 6.45) is 1.96. The molecule has 106 valence electrons. The van der Waals surface area contributed by atoms with E-state index in [0.717, 1.165) is 24.4 Å². The Balaban J connectivity index is 2.21. The quantitative estimate of drug-likeness (QED) is 0.768. The van der Waals surface area contributed by atoms with Gasteiger partial charge in [-0.05, 0) is 12.8 Å². The van der Waals surface area contributed by atoms with Gasteiger partial charge in [0.25, 0.3) is 0 Å². The van der Waals surface area contributed by atoms with Crippen molar-refractivity contribution < 1.29 is 9.84 Å². The Kier molecular flexibility index (Phi) is 4.68. The van der Waals surface area contributed by atoms with Crippen LogP contribution >= 0.6 is 0 Å². The molecule has 0 spiro atoms. The van der Waals surface area contributed by atoms with E-state index in [1.807, 2.05) is 18.0 Å². The molecule has 1 saturated carbocycles. The molecule has 19 heavy (non-hydrogen) atoms. The van der Waals surface area contributed by atoms with Gasteiger partial charge in [0.2, 0.25) is 0 Å². The fraction of sp³-hybridized carbons (Fsp3) is 0.692. The first-order valence-corrected chi connectivity index (χ1v) is 6.58. The Labute approximate surface area is 113 Å². The van der Waals surface area contributed by atoms with Crippen molar-refractivity contribution in [1.29, 1.82) is 0 Å². The van der Waals surface area contributed by atoms with Crippen molar-refractivity contribution in [2.24, 2.45) is 5.73 Å². The summed E-state index contributed by atoms with van der Waals surface area (Å²) in [5, 5.41) is 9.01. The van der Waals surface area contributed by atoms with Gasteiger partial charge in [-0.1, -0.05) is 0 Å². The largest absolute Gasteiger partial charge is 0.395 e. The highest BCUT2D eigenvalue weighted by atomic mass is 16.5. The van der Waals surface area contributed by atoms with Crippen LogP contribution in [0.2, 0.25) is 0 Å². The molecule has 6 heteroatoms. The predicted molar refractivity (Wildman–Crippen MR) is 73.1 cm³/mol. The summed E-state index contributed by atoms with van der Waals surface area (Å²) in [4.78, 5) is 10.9. The lowest BCUT2D eigenvalue weighted by Crippen LogP contribution is -2.35. The zero-order valence-corrected chi connectivity index (χ0v) is 11.5. The standard InChI is InChI=1S/C13H22N4O2/c1-17(3-4-18)13-7-11(9-5-10(14)6-9)15-12(16-13)8-19-2/h7,9-10,18H,3-6,8,14H2,1-2H3. The third-order valence-electron chi connectivity index (χ3n) is 3.47. The van der Waals surface area contributed by atoms with Crippen LogP contribution in [0.15, 0.2) is 6.07 Å². The number of nitrogens with zero attached hydrogens (tertiary/aromatic N) is 3. The number of hydrogen-bond acceptors (Lipinski definition) is 6. The van der Waals surface area contributed by atoms with E-state index < -0.39 is 0 Å². The number of nitrogens with two attached hydrogens (primary N) is 1. The van der Waals surface area contributed by atoms with E-state index in [-0.39, 0.29) is 6.61 Å². The molecule has 0 aromatic carbocycles. The van der Waals surface area contributed by atoms with Crippen LogP contribution in [-0.4, -0.2) is 48.4 Å². The highest BCUT2D eigenvalue weighted by molar-refractivity contribution is 5.40. The van der Waals surface area contributed by atoms with Gasteiger partial charge in [0.15, 0.2) is 5.82 Å². The second kappa shape index (κ2) is 6.27. The first-order valence-electron chi connectivity index (χ1n) is 6.58. The number of anilines is 1. The van der Waals surface area contributed by atoms with E-state index in [2.05, 4.69) is 9.97 Å². The van der Waals surface area contributed by atoms with Crippen molar-refractivity contribution in [3.8, 4) is 0 Å². The fourth-order valence-corrected chi connectivity index (χ4v) is 2.27. The topological polar surface area (TPSA) is 84.5 Å². The van der Waals surface area contributed by atoms with Crippen molar-refractivity contribution in [3.63, 3.8) is 0 Å². The monoisotopic (exact) mass is 266 g/mol. The maximum Gasteiger partial charge on any atom is 0.156 e. The van der Waals surface area contributed by atoms with Gasteiger partial charge in [0, 0.05) is 44.4 Å². The number of rotatable bonds is 6. The van der Waals surface area contributed by atoms with Gasteiger partial charge >= 0.3 is 0 Å². The molecule has 1 aromatic heterocycles. The summed E-state index contributed by atoms with van der Waals surface area (Å²) in [5.41, 5.74) is 6.87. The number of aliphatic hydroxyl groups excluding tert-OH is 1. The molecule has 0 radical (unpaired) electrons. The van der Waals surface area contributed by atoms with E-state index >= 15 is 0 Å². The molecule has 1 aliphatic rings. The van der Waals surface area contributed by atoms with Gasteiger partial charge in [-0.3, -0.25) is 0 Å². The minimum Gasteiger partial charge on any atom is -0.395 e. The van der Waals surface area contributed by atoms with Crippen molar-refractivity contribution in [3.05, 3.63) is 17.6 Å². The zero-order valence-electron chi connectivity index (χ0n) is 11.5. The predicted octanol–water partition coefficient (Wildman–Crippen LogP) is 0.256. The number of hydrogen-bond donors (Lipinski definition) is 2. The highest BCUT2D eigenvalue weighted by Gasteiger charge is 2.29. The van der Waals surface area contributed by atoms with Gasteiger partial charge < -0.3 is 20.5 Å². The van der Waals surface area contributed by atoms with Crippen LogP contribution in [0.25, 0.3) is 0 Å². The minimum atomic E-state index is 0.101. The van der Waals surface area contributed by atoms with Crippen molar-refractivity contribution in [1.82, 2.24) is 9.97 Å². The van der Waals surface area contributed by atoms with Crippen LogP contribution in [0.3, 0.4) is 0 Å². The Morgan fingerprint density at radius 3 is 2.79 bits per heavy atom. The fourth-order valence-electron chi connectivity index (χ4n) is 2.27. The first kappa shape index (κ1) is 14.2. The van der Waals surface area contributed by atoms with Crippen LogP contribution in [0.4, 0.5) is 5.82 Å². The van der Waals surface area contributed by atoms with Crippen LogP contribution in [0.5, 0.6) is 0 Å². The molecule has 0 atom stereocenters. The Bertz CT molecular complexity index is 398. The molecule has 0 saturated heterocycles. The van der Waals surface area contributed by atoms with E-state index in [9.17, 15) is 0 Å². The lowest BCUT2D eigenvalue weighted by atomic mass is 9.78. The number of likely N-dealkylation sites (N-methyl/N-ethyl adjacent to an activating group) is 1. The van der Waals surface area contributed by atoms with E-state index in [4.69, 9.17) is 15.6 Å². The summed E-state index contributed by atoms with van der Waals surface area (Å²) in [5.74, 6) is 1.93. The minimum absolute atomic E-state index is 0.101. The molecule has 1 aliphatic carbocycles. The third kappa shape index (κ3) is 3.40. The molecule has 0 unspecified atom stereocenters. The summed E-state index contributed by atoms with van der Waals surface area (Å²) < 4.78 is 5.11. The smallest absolute Gasteiger partial charge is 0.156 e. The van der Waals surface area contributed by atoms with Gasteiger partial charge in [0.05, 0.1) is 6.61 Å². The molecule has 1 fully saturated rings. The van der Waals surface area contributed by atoms with Crippen LogP contribution < -0.4 is 10.6 Å². The van der Waals surface area contributed by atoms with Gasteiger partial charge in [-0.2, -0.15) is 0 Å². The maximum absolute atomic E-state index is 9.01. The summed E-state index contributed by atoms with van der Waals surface area (Å²) in [6.45, 7) is 1.05. The molecule has 6 nitrogen and oxygen atoms in total. The highest BCUT2D eigenvalue weighted by Crippen LogP contribution is 2.35. The molecule has 1 aromatic rings. The molecular formula is C13H22N4O2. The average Bonchev–Trinajstić information content (AvgIpc) is 2.35. The van der Waals surface area contributed by atoms with Crippen molar-refractivity contribution >= 4 is 5.82 Å². The molecular weight excluding hydrogens is 244 g/mol. The first-order chi connectivity index (χ1) is 9.13. The van der Waals surface area contributed by atoms with Gasteiger partial charge in [-0.15, -0.1) is 0 Å². The number of methoxy groups -OCH3 is 1. The van der Waals surface area contributed by atoms with E-state index in [1.165, 1.54) is 0 Å². The Morgan fingerprint density at radius 2 is 2.21 bits per heavy atom. The molecule has 3 N–H and O–H groups in total. The number of ether oxygens (including phenoxy) is 1. The molecule has 0 amide bonds. The Morgan fingerprint density at radius 1 is 1.47 bits per heavy atom. The van der Waals surface area contributed by atoms with Gasteiger partial charge in [-0.25, -0.2) is 9.97 Å². The summed E-state index contributed by atoms with van der Waals surface area (Å²) >= 11 is 0. The SMILES string of the molecule is COCc1nc(C2CC(N)C2)cc(N(C)CCO)n1. The average molecular weight is 266 g/mol. The second-order valence-electron chi connectivity index (χ2n) is 5.07. The Hall–Kier alpha value is -1.24. The van der Waals surface area contributed by atoms with E-state index in [1.54, 1.807) is 7.11 Å². The molecule has 1 heterocycles. The normalized spacial score (nSPS) is 22.1. The molecule has 0 bridgehead atoms. The molecule has 2 rings (SSSR count). The second-order valence-corrected chi connectivity index (χ2v) is 5.07. The van der Waals surface area contributed by atoms with E-state index in [0.29, 0.717) is 30.9 Å². The van der Waals surface area contributed by atoms with Crippen LogP contribution in [-0.2, 0) is 11.3 Å². The maximum atomic E-state index is 9.01. The van der Waals surface area contributed by atoms with Crippen LogP contribution in [0.1, 0.15) is 30.3 Å². The summed E-state index contributed by atoms with van der Waals surface area (Å²) in [7, 11) is 3.54. The number of aromatic nitrogens is 2. The lowest BCUT2D eigenvalue weighted by Gasteiger charge is -2.32. The zero-order chi connectivity index (χ0) is 13.8.